The van der Waals surface area contributed by atoms with Crippen molar-refractivity contribution in [2.45, 2.75) is 20.3 Å². The van der Waals surface area contributed by atoms with E-state index in [0.717, 1.165) is 11.5 Å². The minimum absolute atomic E-state index is 0.143. The Morgan fingerprint density at radius 3 is 2.88 bits per heavy atom. The Hall–Kier alpha value is -1.76. The number of amides is 1. The summed E-state index contributed by atoms with van der Waals surface area (Å²) in [4.78, 5) is 19.9. The first-order valence-corrected chi connectivity index (χ1v) is 6.11. The molecule has 0 aliphatic rings. The first-order valence-electron chi connectivity index (χ1n) is 5.23. The van der Waals surface area contributed by atoms with E-state index >= 15 is 0 Å². The fourth-order valence-electron chi connectivity index (χ4n) is 1.32. The Kier molecular flexibility index (Phi) is 3.48. The molecule has 0 bridgehead atoms. The fraction of sp³-hybridized carbons (Fsp3) is 0.400. The molecule has 17 heavy (non-hydrogen) atoms. The Morgan fingerprint density at radius 1 is 1.47 bits per heavy atom. The van der Waals surface area contributed by atoms with Crippen LogP contribution in [0.4, 0.5) is 0 Å². The lowest BCUT2D eigenvalue weighted by atomic mass is 10.4. The summed E-state index contributed by atoms with van der Waals surface area (Å²) >= 11 is 1.35. The molecule has 0 radical (unpaired) electrons. The number of nitrogens with zero attached hydrogens (tertiary/aromatic N) is 3. The van der Waals surface area contributed by atoms with Crippen LogP contribution in [0.15, 0.2) is 5.38 Å². The van der Waals surface area contributed by atoms with Gasteiger partial charge in [-0.25, -0.2) is 9.97 Å². The number of aromatic amines is 1. The summed E-state index contributed by atoms with van der Waals surface area (Å²) in [5.41, 5.74) is 0.866. The van der Waals surface area contributed by atoms with Crippen molar-refractivity contribution in [3.63, 3.8) is 0 Å². The Bertz CT molecular complexity index is 518. The third kappa shape index (κ3) is 3.10. The summed E-state index contributed by atoms with van der Waals surface area (Å²) in [6.45, 7) is 4.21. The van der Waals surface area contributed by atoms with E-state index in [1.165, 1.54) is 11.3 Å². The van der Waals surface area contributed by atoms with E-state index in [1.54, 1.807) is 0 Å². The Labute approximate surface area is 103 Å². The maximum absolute atomic E-state index is 11.6. The third-order valence-corrected chi connectivity index (χ3v) is 3.05. The minimum Gasteiger partial charge on any atom is -0.350 e. The smallest absolute Gasteiger partial charge is 0.280 e. The number of H-pyrrole nitrogens is 1. The average Bonchev–Trinajstić information content (AvgIpc) is 2.88. The highest BCUT2D eigenvalue weighted by Gasteiger charge is 2.09. The number of nitrogens with one attached hydrogen (secondary N) is 2. The van der Waals surface area contributed by atoms with Gasteiger partial charge in [0.1, 0.15) is 5.82 Å². The summed E-state index contributed by atoms with van der Waals surface area (Å²) in [5.74, 6) is 1.34. The topological polar surface area (TPSA) is 83.6 Å². The number of thiazole rings is 1. The van der Waals surface area contributed by atoms with Crippen LogP contribution in [0.3, 0.4) is 0 Å². The van der Waals surface area contributed by atoms with Crippen LogP contribution < -0.4 is 5.32 Å². The van der Waals surface area contributed by atoms with Crippen LogP contribution in [0.25, 0.3) is 0 Å². The van der Waals surface area contributed by atoms with Gasteiger partial charge in [0.05, 0.1) is 0 Å². The summed E-state index contributed by atoms with van der Waals surface area (Å²) in [7, 11) is 0. The van der Waals surface area contributed by atoms with Crippen LogP contribution in [0, 0.1) is 13.8 Å². The van der Waals surface area contributed by atoms with Gasteiger partial charge in [0.2, 0.25) is 0 Å². The van der Waals surface area contributed by atoms with Gasteiger partial charge >= 0.3 is 0 Å². The number of carbonyl (C=O) groups is 1. The highest BCUT2D eigenvalue weighted by Crippen LogP contribution is 2.07. The summed E-state index contributed by atoms with van der Waals surface area (Å²) in [6.07, 6.45) is 0.612. The Morgan fingerprint density at radius 2 is 2.29 bits per heavy atom. The monoisotopic (exact) mass is 251 g/mol. The van der Waals surface area contributed by atoms with Crippen LogP contribution in [0.1, 0.15) is 27.1 Å². The van der Waals surface area contributed by atoms with Gasteiger partial charge in [-0.15, -0.1) is 11.3 Å². The van der Waals surface area contributed by atoms with Gasteiger partial charge in [-0.3, -0.25) is 9.89 Å². The zero-order valence-corrected chi connectivity index (χ0v) is 10.5. The van der Waals surface area contributed by atoms with E-state index in [0.29, 0.717) is 23.8 Å². The number of rotatable bonds is 4. The average molecular weight is 251 g/mol. The van der Waals surface area contributed by atoms with Crippen LogP contribution in [0.2, 0.25) is 0 Å². The largest absolute Gasteiger partial charge is 0.350 e. The number of aryl methyl sites for hydroxylation is 2. The molecular formula is C10H13N5OS. The molecule has 0 aliphatic carbocycles. The molecule has 2 N–H and O–H groups in total. The molecule has 2 heterocycles. The zero-order chi connectivity index (χ0) is 12.3. The SMILES string of the molecule is Cc1csc(C(=O)NCCc2n[nH]c(C)n2)n1. The highest BCUT2D eigenvalue weighted by molar-refractivity contribution is 7.11. The number of aromatic nitrogens is 4. The normalized spacial score (nSPS) is 10.5. The predicted molar refractivity (Wildman–Crippen MR) is 64.0 cm³/mol. The minimum atomic E-state index is -0.143. The zero-order valence-electron chi connectivity index (χ0n) is 9.65. The lowest BCUT2D eigenvalue weighted by Crippen LogP contribution is -2.25. The molecule has 0 unspecified atom stereocenters. The van der Waals surface area contributed by atoms with Crippen molar-refractivity contribution < 1.29 is 4.79 Å². The van der Waals surface area contributed by atoms with Gasteiger partial charge in [-0.1, -0.05) is 0 Å². The van der Waals surface area contributed by atoms with Crippen molar-refractivity contribution in [2.24, 2.45) is 0 Å². The van der Waals surface area contributed by atoms with E-state index < -0.39 is 0 Å². The van der Waals surface area contributed by atoms with E-state index in [9.17, 15) is 4.79 Å². The van der Waals surface area contributed by atoms with Crippen molar-refractivity contribution in [3.05, 3.63) is 27.7 Å². The number of carbonyl (C=O) groups excluding carboxylic acids is 1. The summed E-state index contributed by atoms with van der Waals surface area (Å²) in [6, 6.07) is 0. The molecule has 6 nitrogen and oxygen atoms in total. The van der Waals surface area contributed by atoms with Crippen molar-refractivity contribution >= 4 is 17.2 Å². The lowest BCUT2D eigenvalue weighted by molar-refractivity contribution is 0.0953. The second kappa shape index (κ2) is 5.05. The molecule has 0 saturated carbocycles. The second-order valence-electron chi connectivity index (χ2n) is 3.64. The molecule has 0 aromatic carbocycles. The van der Waals surface area contributed by atoms with Crippen molar-refractivity contribution in [1.82, 2.24) is 25.5 Å². The van der Waals surface area contributed by atoms with Crippen molar-refractivity contribution in [1.29, 1.82) is 0 Å². The van der Waals surface area contributed by atoms with E-state index in [4.69, 9.17) is 0 Å². The van der Waals surface area contributed by atoms with Crippen LogP contribution in [-0.2, 0) is 6.42 Å². The Balaban J connectivity index is 1.81. The number of hydrogen-bond donors (Lipinski definition) is 2. The maximum Gasteiger partial charge on any atom is 0.280 e. The molecule has 2 aromatic rings. The number of hydrogen-bond acceptors (Lipinski definition) is 5. The molecule has 0 aliphatic heterocycles. The van der Waals surface area contributed by atoms with Crippen LogP contribution >= 0.6 is 11.3 Å². The molecule has 0 atom stereocenters. The van der Waals surface area contributed by atoms with E-state index in [-0.39, 0.29) is 5.91 Å². The van der Waals surface area contributed by atoms with Crippen molar-refractivity contribution in [2.75, 3.05) is 6.54 Å². The quantitative estimate of drug-likeness (QED) is 0.843. The molecule has 2 aromatic heterocycles. The van der Waals surface area contributed by atoms with Gasteiger partial charge in [0, 0.05) is 24.0 Å². The van der Waals surface area contributed by atoms with E-state index in [2.05, 4.69) is 25.5 Å². The third-order valence-electron chi connectivity index (χ3n) is 2.09. The predicted octanol–water partition coefficient (Wildman–Crippen LogP) is 0.851. The molecule has 2 rings (SSSR count). The highest BCUT2D eigenvalue weighted by atomic mass is 32.1. The standard InChI is InChI=1S/C10H13N5OS/c1-6-5-17-10(12-6)9(16)11-4-3-8-13-7(2)14-15-8/h5H,3-4H2,1-2H3,(H,11,16)(H,13,14,15). The van der Waals surface area contributed by atoms with Gasteiger partial charge < -0.3 is 5.32 Å². The fourth-order valence-corrected chi connectivity index (χ4v) is 2.03. The second-order valence-corrected chi connectivity index (χ2v) is 4.50. The summed E-state index contributed by atoms with van der Waals surface area (Å²) in [5, 5.41) is 11.9. The van der Waals surface area contributed by atoms with Gasteiger partial charge in [-0.05, 0) is 13.8 Å². The molecular weight excluding hydrogens is 238 g/mol. The van der Waals surface area contributed by atoms with Gasteiger partial charge in [0.15, 0.2) is 10.8 Å². The van der Waals surface area contributed by atoms with Gasteiger partial charge in [0.25, 0.3) is 5.91 Å². The molecule has 0 fully saturated rings. The molecule has 0 saturated heterocycles. The first-order chi connectivity index (χ1) is 8.15. The van der Waals surface area contributed by atoms with Gasteiger partial charge in [-0.2, -0.15) is 5.10 Å². The maximum atomic E-state index is 11.6. The molecule has 90 valence electrons. The van der Waals surface area contributed by atoms with E-state index in [1.807, 2.05) is 19.2 Å². The summed E-state index contributed by atoms with van der Waals surface area (Å²) < 4.78 is 0. The van der Waals surface area contributed by atoms with Crippen LogP contribution in [0.5, 0.6) is 0 Å². The first kappa shape index (κ1) is 11.7. The molecule has 1 amide bonds. The van der Waals surface area contributed by atoms with Crippen LogP contribution in [-0.4, -0.2) is 32.6 Å². The lowest BCUT2D eigenvalue weighted by Gasteiger charge is -1.99. The molecule has 0 spiro atoms. The molecule has 7 heteroatoms. The van der Waals surface area contributed by atoms with Crippen molar-refractivity contribution in [3.8, 4) is 0 Å².